The molecule has 0 bridgehead atoms. The van der Waals surface area contributed by atoms with E-state index in [2.05, 4.69) is 327 Å². The minimum absolute atomic E-state index is 0.568. The molecule has 0 spiro atoms. The second-order valence-corrected chi connectivity index (χ2v) is 21.7. The van der Waals surface area contributed by atoms with Gasteiger partial charge in [0.15, 0.2) is 0 Å². The maximum Gasteiger partial charge on any atom is 0.0714 e. The zero-order valence-electron chi connectivity index (χ0n) is 44.8. The molecule has 2 aliphatic carbocycles. The van der Waals surface area contributed by atoms with E-state index in [0.717, 1.165) is 55.7 Å². The Morgan fingerprint density at radius 1 is 0.225 bits per heavy atom. The van der Waals surface area contributed by atoms with Crippen LogP contribution in [0.25, 0.3) is 43.8 Å². The lowest BCUT2D eigenvalue weighted by atomic mass is 9.67. The van der Waals surface area contributed by atoms with Crippen LogP contribution in [0.3, 0.4) is 0 Å². The molecule has 0 radical (unpaired) electrons. The second-order valence-electron chi connectivity index (χ2n) is 21.7. The molecule has 2 heteroatoms. The van der Waals surface area contributed by atoms with Crippen LogP contribution in [0.1, 0.15) is 55.6 Å². The predicted molar refractivity (Wildman–Crippen MR) is 335 cm³/mol. The van der Waals surface area contributed by atoms with Crippen molar-refractivity contribution in [1.82, 2.24) is 0 Å². The van der Waals surface area contributed by atoms with E-state index in [1.165, 1.54) is 77.9 Å². The van der Waals surface area contributed by atoms with Crippen LogP contribution in [0.5, 0.6) is 0 Å². The quantitative estimate of drug-likeness (QED) is 0.0995. The fraction of sp³-hybridized carbons (Fsp3) is 0.0513. The molecule has 0 heterocycles. The highest BCUT2D eigenvalue weighted by Gasteiger charge is 2.48. The van der Waals surface area contributed by atoms with Crippen LogP contribution in [0.4, 0.5) is 34.1 Å². The Balaban J connectivity index is 0.996. The molecule has 0 N–H and O–H groups in total. The highest BCUT2D eigenvalue weighted by atomic mass is 15.2. The molecule has 0 aliphatic heterocycles. The highest BCUT2D eigenvalue weighted by Crippen LogP contribution is 2.59. The molecular formula is C78H56N2. The molecule has 378 valence electrons. The van der Waals surface area contributed by atoms with Crippen molar-refractivity contribution in [2.24, 2.45) is 0 Å². The van der Waals surface area contributed by atoms with Gasteiger partial charge >= 0.3 is 0 Å². The summed E-state index contributed by atoms with van der Waals surface area (Å²) in [6.45, 7) is 4.40. The zero-order chi connectivity index (χ0) is 53.4. The summed E-state index contributed by atoms with van der Waals surface area (Å²) in [6, 6.07) is 113. The van der Waals surface area contributed by atoms with E-state index in [4.69, 9.17) is 0 Å². The Morgan fingerprint density at radius 3 is 0.812 bits per heavy atom. The third-order valence-electron chi connectivity index (χ3n) is 17.2. The number of hydrogen-bond acceptors (Lipinski definition) is 2. The van der Waals surface area contributed by atoms with Gasteiger partial charge in [0.25, 0.3) is 0 Å². The van der Waals surface area contributed by atoms with Crippen LogP contribution in [0.2, 0.25) is 0 Å². The van der Waals surface area contributed by atoms with Crippen molar-refractivity contribution in [3.63, 3.8) is 0 Å². The third-order valence-corrected chi connectivity index (χ3v) is 17.2. The van der Waals surface area contributed by atoms with E-state index in [1.807, 2.05) is 0 Å². The van der Waals surface area contributed by atoms with E-state index >= 15 is 0 Å². The van der Waals surface area contributed by atoms with Gasteiger partial charge in [-0.3, -0.25) is 0 Å². The van der Waals surface area contributed by atoms with Crippen LogP contribution in [0.15, 0.2) is 303 Å². The van der Waals surface area contributed by atoms with Gasteiger partial charge in [0.1, 0.15) is 0 Å². The van der Waals surface area contributed by atoms with E-state index in [-0.39, 0.29) is 0 Å². The number of rotatable bonds is 10. The fourth-order valence-corrected chi connectivity index (χ4v) is 14.1. The number of anilines is 6. The van der Waals surface area contributed by atoms with Crippen molar-refractivity contribution in [2.75, 3.05) is 9.80 Å². The summed E-state index contributed by atoms with van der Waals surface area (Å²) in [5, 5.41) is 4.60. The van der Waals surface area contributed by atoms with Gasteiger partial charge in [-0.15, -0.1) is 0 Å². The maximum absolute atomic E-state index is 2.53. The molecule has 2 nitrogen and oxygen atoms in total. The summed E-state index contributed by atoms with van der Waals surface area (Å²) in [4.78, 5) is 5.07. The Labute approximate surface area is 468 Å². The van der Waals surface area contributed by atoms with Gasteiger partial charge in [-0.1, -0.05) is 255 Å². The van der Waals surface area contributed by atoms with E-state index < -0.39 is 10.8 Å². The van der Waals surface area contributed by atoms with Crippen molar-refractivity contribution >= 4 is 55.7 Å². The molecule has 0 unspecified atom stereocenters. The number of nitrogens with zero attached hydrogens (tertiary/aromatic N) is 2. The van der Waals surface area contributed by atoms with Crippen LogP contribution in [0, 0.1) is 13.8 Å². The van der Waals surface area contributed by atoms with Gasteiger partial charge in [0.2, 0.25) is 0 Å². The first kappa shape index (κ1) is 47.2. The number of benzene rings is 13. The Kier molecular flexibility index (Phi) is 11.1. The molecule has 0 saturated heterocycles. The summed E-state index contributed by atoms with van der Waals surface area (Å²) < 4.78 is 0. The van der Waals surface area contributed by atoms with Gasteiger partial charge in [-0.2, -0.15) is 0 Å². The monoisotopic (exact) mass is 1020 g/mol. The van der Waals surface area contributed by atoms with Gasteiger partial charge < -0.3 is 9.80 Å². The Hall–Kier alpha value is -10.0. The van der Waals surface area contributed by atoms with Crippen molar-refractivity contribution in [3.8, 4) is 22.3 Å². The topological polar surface area (TPSA) is 6.48 Å². The normalized spacial score (nSPS) is 13.3. The molecule has 13 aromatic carbocycles. The zero-order valence-corrected chi connectivity index (χ0v) is 44.8. The minimum Gasteiger partial charge on any atom is -0.309 e. The second kappa shape index (κ2) is 18.9. The fourth-order valence-electron chi connectivity index (χ4n) is 14.1. The van der Waals surface area contributed by atoms with Crippen molar-refractivity contribution in [3.05, 3.63) is 359 Å². The Bertz CT molecular complexity index is 4100. The van der Waals surface area contributed by atoms with Crippen LogP contribution >= 0.6 is 0 Å². The van der Waals surface area contributed by atoms with Crippen LogP contribution in [-0.2, 0) is 10.8 Å². The molecule has 0 aromatic heterocycles. The molecule has 0 atom stereocenters. The summed E-state index contributed by atoms with van der Waals surface area (Å²) in [7, 11) is 0. The van der Waals surface area contributed by atoms with Gasteiger partial charge in [-0.05, 0) is 140 Å². The van der Waals surface area contributed by atoms with Crippen LogP contribution < -0.4 is 9.80 Å². The largest absolute Gasteiger partial charge is 0.309 e. The first-order valence-electron chi connectivity index (χ1n) is 27.9. The number of aryl methyl sites for hydroxylation is 2. The van der Waals surface area contributed by atoms with Crippen LogP contribution in [-0.4, -0.2) is 0 Å². The summed E-state index contributed by atoms with van der Waals surface area (Å²) in [6.07, 6.45) is 0. The standard InChI is InChI=1S/C78H56N2/c1-53-25-21-33-59(49-53)79(61-35-23-31-57(51-61)77(55-27-5-3-6-28-55)71-45-17-13-37-63(71)64-38-14-18-46-72(64)77)75-67-41-9-11-43-69(67)76(70-44-12-10-42-68(70)75)80(60-34-22-26-54(2)50-60)62-36-24-32-58(52-62)78(56-29-7-4-8-30-56)73-47-19-15-39-65(73)66-40-16-20-48-74(66)78/h3-52H,1-2H3. The van der Waals surface area contributed by atoms with E-state index in [0.29, 0.717) is 0 Å². The maximum atomic E-state index is 2.53. The van der Waals surface area contributed by atoms with Gasteiger partial charge in [0.05, 0.1) is 22.2 Å². The SMILES string of the molecule is Cc1cccc(N(c2cccc(C3(c4ccccc4)c4ccccc4-c4ccccc43)c2)c2c3ccccc3c(N(c3cccc(C)c3)c3cccc(C4(c5ccccc5)c5ccccc5-c5ccccc54)c3)c3ccccc23)c1. The predicted octanol–water partition coefficient (Wildman–Crippen LogP) is 20.3. The molecular weight excluding hydrogens is 965 g/mol. The number of fused-ring (bicyclic) bond motifs is 8. The van der Waals surface area contributed by atoms with Gasteiger partial charge in [-0.25, -0.2) is 0 Å². The van der Waals surface area contributed by atoms with Crippen molar-refractivity contribution in [1.29, 1.82) is 0 Å². The lowest BCUT2D eigenvalue weighted by Crippen LogP contribution is -2.29. The first-order valence-corrected chi connectivity index (χ1v) is 27.9. The molecule has 15 rings (SSSR count). The third kappa shape index (κ3) is 7.05. The molecule has 0 amide bonds. The summed E-state index contributed by atoms with van der Waals surface area (Å²) in [5.74, 6) is 0. The smallest absolute Gasteiger partial charge is 0.0714 e. The lowest BCUT2D eigenvalue weighted by Gasteiger charge is -2.36. The summed E-state index contributed by atoms with van der Waals surface area (Å²) >= 11 is 0. The van der Waals surface area contributed by atoms with E-state index in [9.17, 15) is 0 Å². The van der Waals surface area contributed by atoms with Crippen molar-refractivity contribution in [2.45, 2.75) is 24.7 Å². The molecule has 2 aliphatic rings. The molecule has 80 heavy (non-hydrogen) atoms. The summed E-state index contributed by atoms with van der Waals surface area (Å²) in [5.41, 5.74) is 23.1. The average molecular weight is 1020 g/mol. The Morgan fingerprint density at radius 2 is 0.487 bits per heavy atom. The lowest BCUT2D eigenvalue weighted by molar-refractivity contribution is 0.768. The van der Waals surface area contributed by atoms with E-state index in [1.54, 1.807) is 0 Å². The minimum atomic E-state index is -0.568. The number of hydrogen-bond donors (Lipinski definition) is 0. The molecule has 13 aromatic rings. The average Bonchev–Trinajstić information content (AvgIpc) is 4.14. The highest BCUT2D eigenvalue weighted by molar-refractivity contribution is 6.23. The molecule has 0 fully saturated rings. The first-order chi connectivity index (χ1) is 39.5. The molecule has 0 saturated carbocycles. The van der Waals surface area contributed by atoms with Crippen molar-refractivity contribution < 1.29 is 0 Å². The van der Waals surface area contributed by atoms with Gasteiger partial charge in [0, 0.05) is 44.3 Å².